The number of hydrogen-bond donors (Lipinski definition) is 1. The van der Waals surface area contributed by atoms with Gasteiger partial charge in [-0.3, -0.25) is 4.79 Å². The van der Waals surface area contributed by atoms with E-state index in [0.717, 1.165) is 25.0 Å². The van der Waals surface area contributed by atoms with Gasteiger partial charge in [-0.15, -0.1) is 0 Å². The van der Waals surface area contributed by atoms with E-state index in [1.807, 2.05) is 6.92 Å². The first-order valence-electron chi connectivity index (χ1n) is 9.85. The third kappa shape index (κ3) is 5.38. The lowest BCUT2D eigenvalue weighted by molar-refractivity contribution is 0.102. The molecule has 0 bridgehead atoms. The molecular weight excluding hydrogens is 370 g/mol. The molecule has 6 nitrogen and oxygen atoms in total. The number of hydrogen-bond acceptors (Lipinski definition) is 5. The average molecular weight is 395 g/mol. The first-order valence-corrected chi connectivity index (χ1v) is 9.85. The number of rotatable bonds is 9. The van der Waals surface area contributed by atoms with Gasteiger partial charge in [-0.2, -0.15) is 0 Å². The van der Waals surface area contributed by atoms with Crippen LogP contribution < -0.4 is 20.4 Å². The maximum absolute atomic E-state index is 12.6. The molecule has 0 aliphatic rings. The molecule has 0 spiro atoms. The lowest BCUT2D eigenvalue weighted by atomic mass is 10.1. The minimum atomic E-state index is -0.692. The highest BCUT2D eigenvalue weighted by molar-refractivity contribution is 6.05. The molecule has 0 aliphatic heterocycles. The third-order valence-corrected chi connectivity index (χ3v) is 4.30. The fourth-order valence-corrected chi connectivity index (χ4v) is 2.73. The summed E-state index contributed by atoms with van der Waals surface area (Å²) in [6.45, 7) is 5.35. The quantitative estimate of drug-likeness (QED) is 0.407. The Morgan fingerprint density at radius 3 is 2.38 bits per heavy atom. The smallest absolute Gasteiger partial charge is 0.349 e. The Morgan fingerprint density at radius 2 is 1.66 bits per heavy atom. The van der Waals surface area contributed by atoms with Gasteiger partial charge in [0.05, 0.1) is 13.2 Å². The van der Waals surface area contributed by atoms with Crippen molar-refractivity contribution in [1.29, 1.82) is 0 Å². The molecule has 6 heteroatoms. The zero-order valence-electron chi connectivity index (χ0n) is 16.7. The number of carbonyl (C=O) groups is 1. The molecule has 1 aromatic heterocycles. The number of unbranched alkanes of at least 4 members (excludes halogenated alkanes) is 1. The van der Waals surface area contributed by atoms with E-state index >= 15 is 0 Å². The van der Waals surface area contributed by atoms with Crippen molar-refractivity contribution in [3.8, 4) is 11.5 Å². The molecule has 1 N–H and O–H groups in total. The lowest BCUT2D eigenvalue weighted by Gasteiger charge is -2.08. The summed E-state index contributed by atoms with van der Waals surface area (Å²) < 4.78 is 16.5. The van der Waals surface area contributed by atoms with Gasteiger partial charge >= 0.3 is 5.63 Å². The molecule has 2 aromatic carbocycles. The minimum Gasteiger partial charge on any atom is -0.494 e. The predicted octanol–water partition coefficient (Wildman–Crippen LogP) is 5.01. The van der Waals surface area contributed by atoms with Crippen molar-refractivity contribution < 1.29 is 18.7 Å². The van der Waals surface area contributed by atoms with E-state index in [1.54, 1.807) is 42.5 Å². The van der Waals surface area contributed by atoms with Crippen molar-refractivity contribution in [2.45, 2.75) is 33.1 Å². The van der Waals surface area contributed by atoms with Crippen molar-refractivity contribution in [1.82, 2.24) is 0 Å². The summed E-state index contributed by atoms with van der Waals surface area (Å²) in [5, 5.41) is 3.37. The van der Waals surface area contributed by atoms with Crippen LogP contribution in [0.1, 0.15) is 43.5 Å². The van der Waals surface area contributed by atoms with E-state index in [9.17, 15) is 9.59 Å². The van der Waals surface area contributed by atoms with Crippen LogP contribution >= 0.6 is 0 Å². The van der Waals surface area contributed by atoms with Crippen LogP contribution in [0, 0.1) is 0 Å². The minimum absolute atomic E-state index is 0.0528. The SMILES string of the molecule is CCCCOc1ccc(NC(=O)c2cc3ccc(OCCC)cc3oc2=O)cc1. The summed E-state index contributed by atoms with van der Waals surface area (Å²) in [6, 6.07) is 13.8. The van der Waals surface area contributed by atoms with E-state index in [4.69, 9.17) is 13.9 Å². The Hall–Kier alpha value is -3.28. The first-order chi connectivity index (χ1) is 14.1. The molecule has 0 atom stereocenters. The zero-order valence-corrected chi connectivity index (χ0v) is 16.7. The van der Waals surface area contributed by atoms with Crippen LogP contribution in [0.2, 0.25) is 0 Å². The summed E-state index contributed by atoms with van der Waals surface area (Å²) in [7, 11) is 0. The van der Waals surface area contributed by atoms with E-state index < -0.39 is 11.5 Å². The molecule has 29 heavy (non-hydrogen) atoms. The van der Waals surface area contributed by atoms with Gasteiger partial charge in [0.25, 0.3) is 5.91 Å². The fraction of sp³-hybridized carbons (Fsp3) is 0.304. The van der Waals surface area contributed by atoms with Crippen LogP contribution in [0.4, 0.5) is 5.69 Å². The maximum Gasteiger partial charge on any atom is 0.349 e. The molecule has 1 heterocycles. The van der Waals surface area contributed by atoms with E-state index in [-0.39, 0.29) is 5.56 Å². The van der Waals surface area contributed by atoms with Crippen molar-refractivity contribution in [3.05, 3.63) is 64.5 Å². The number of nitrogens with one attached hydrogen (secondary N) is 1. The van der Waals surface area contributed by atoms with Crippen molar-refractivity contribution >= 4 is 22.6 Å². The highest BCUT2D eigenvalue weighted by Gasteiger charge is 2.14. The monoisotopic (exact) mass is 395 g/mol. The summed E-state index contributed by atoms with van der Waals surface area (Å²) in [4.78, 5) is 24.9. The van der Waals surface area contributed by atoms with Crippen molar-refractivity contribution in [3.63, 3.8) is 0 Å². The maximum atomic E-state index is 12.6. The van der Waals surface area contributed by atoms with Crippen molar-refractivity contribution in [2.75, 3.05) is 18.5 Å². The second kappa shape index (κ2) is 9.78. The predicted molar refractivity (Wildman–Crippen MR) is 113 cm³/mol. The molecule has 0 aliphatic carbocycles. The Kier molecular flexibility index (Phi) is 6.89. The highest BCUT2D eigenvalue weighted by atomic mass is 16.5. The van der Waals surface area contributed by atoms with Crippen LogP contribution in [0.3, 0.4) is 0 Å². The average Bonchev–Trinajstić information content (AvgIpc) is 2.73. The molecule has 3 aromatic rings. The summed E-state index contributed by atoms with van der Waals surface area (Å²) in [5.41, 5.74) is 0.208. The lowest BCUT2D eigenvalue weighted by Crippen LogP contribution is -2.20. The van der Waals surface area contributed by atoms with E-state index in [0.29, 0.717) is 35.6 Å². The van der Waals surface area contributed by atoms with E-state index in [2.05, 4.69) is 12.2 Å². The molecule has 0 unspecified atom stereocenters. The molecule has 3 rings (SSSR count). The third-order valence-electron chi connectivity index (χ3n) is 4.30. The summed E-state index contributed by atoms with van der Waals surface area (Å²) in [5.74, 6) is 0.843. The second-order valence-corrected chi connectivity index (χ2v) is 6.68. The molecular formula is C23H25NO5. The number of carbonyl (C=O) groups excluding carboxylic acids is 1. The van der Waals surface area contributed by atoms with Gasteiger partial charge in [0.15, 0.2) is 0 Å². The Morgan fingerprint density at radius 1 is 0.931 bits per heavy atom. The van der Waals surface area contributed by atoms with E-state index in [1.165, 1.54) is 6.07 Å². The second-order valence-electron chi connectivity index (χ2n) is 6.68. The Balaban J connectivity index is 1.73. The van der Waals surface area contributed by atoms with Gasteiger partial charge in [-0.25, -0.2) is 4.79 Å². The number of ether oxygens (including phenoxy) is 2. The molecule has 0 fully saturated rings. The molecule has 152 valence electrons. The number of benzene rings is 2. The zero-order chi connectivity index (χ0) is 20.6. The van der Waals surface area contributed by atoms with Gasteiger partial charge in [-0.1, -0.05) is 20.3 Å². The molecule has 0 radical (unpaired) electrons. The summed E-state index contributed by atoms with van der Waals surface area (Å²) in [6.07, 6.45) is 2.94. The van der Waals surface area contributed by atoms with Gasteiger partial charge in [0, 0.05) is 17.1 Å². The Bertz CT molecular complexity index is 1020. The number of anilines is 1. The van der Waals surface area contributed by atoms with Crippen LogP contribution in [0.15, 0.2) is 57.7 Å². The summed E-state index contributed by atoms with van der Waals surface area (Å²) >= 11 is 0. The van der Waals surface area contributed by atoms with Crippen LogP contribution in [0.25, 0.3) is 11.0 Å². The van der Waals surface area contributed by atoms with Gasteiger partial charge in [0.1, 0.15) is 22.6 Å². The highest BCUT2D eigenvalue weighted by Crippen LogP contribution is 2.21. The van der Waals surface area contributed by atoms with Crippen molar-refractivity contribution in [2.24, 2.45) is 0 Å². The van der Waals surface area contributed by atoms with Gasteiger partial charge < -0.3 is 19.2 Å². The standard InChI is InChI=1S/C23H25NO5/c1-3-5-13-28-18-10-7-17(8-11-18)24-22(25)20-14-16-6-9-19(27-12-4-2)15-21(16)29-23(20)26/h6-11,14-15H,3-5,12-13H2,1-2H3,(H,24,25). The normalized spacial score (nSPS) is 10.7. The van der Waals surface area contributed by atoms with Gasteiger partial charge in [-0.05, 0) is 55.3 Å². The molecule has 0 saturated carbocycles. The topological polar surface area (TPSA) is 77.8 Å². The van der Waals surface area contributed by atoms with Crippen LogP contribution in [0.5, 0.6) is 11.5 Å². The van der Waals surface area contributed by atoms with Gasteiger partial charge in [0.2, 0.25) is 0 Å². The number of amides is 1. The Labute approximate surface area is 169 Å². The molecule has 0 saturated heterocycles. The molecule has 1 amide bonds. The number of fused-ring (bicyclic) bond motifs is 1. The largest absolute Gasteiger partial charge is 0.494 e. The van der Waals surface area contributed by atoms with Crippen LogP contribution in [-0.2, 0) is 0 Å². The van der Waals surface area contributed by atoms with Crippen LogP contribution in [-0.4, -0.2) is 19.1 Å². The fourth-order valence-electron chi connectivity index (χ4n) is 2.73. The first kappa shape index (κ1) is 20.5.